The molecule has 1 heterocycles. The standard InChI is InChI=1S/C17H19N3O2/c1-5-14-15(13-8-6-12(10-18)7-9-13)19-20(11(2)3)16(14)17(21)22-4/h6-9,11H,5H2,1-4H3. The van der Waals surface area contributed by atoms with Crippen LogP contribution in [-0.4, -0.2) is 22.9 Å². The van der Waals surface area contributed by atoms with Gasteiger partial charge in [0.05, 0.1) is 24.4 Å². The topological polar surface area (TPSA) is 67.9 Å². The predicted octanol–water partition coefficient (Wildman–Crippen LogP) is 3.35. The second-order valence-electron chi connectivity index (χ2n) is 5.25. The lowest BCUT2D eigenvalue weighted by molar-refractivity contribution is 0.0583. The third kappa shape index (κ3) is 2.73. The maximum absolute atomic E-state index is 12.1. The molecule has 0 saturated carbocycles. The van der Waals surface area contributed by atoms with Gasteiger partial charge < -0.3 is 4.74 Å². The molecule has 0 aliphatic rings. The Bertz CT molecular complexity index is 722. The molecule has 0 bridgehead atoms. The van der Waals surface area contributed by atoms with Gasteiger partial charge >= 0.3 is 5.97 Å². The fraction of sp³-hybridized carbons (Fsp3) is 0.353. The van der Waals surface area contributed by atoms with Crippen LogP contribution in [-0.2, 0) is 11.2 Å². The molecule has 1 aromatic carbocycles. The van der Waals surface area contributed by atoms with E-state index in [1.54, 1.807) is 16.8 Å². The number of methoxy groups -OCH3 is 1. The average molecular weight is 297 g/mol. The first-order valence-corrected chi connectivity index (χ1v) is 7.23. The summed E-state index contributed by atoms with van der Waals surface area (Å²) in [5.74, 6) is -0.377. The summed E-state index contributed by atoms with van der Waals surface area (Å²) in [6.45, 7) is 5.93. The third-order valence-electron chi connectivity index (χ3n) is 3.52. The monoisotopic (exact) mass is 297 g/mol. The Hall–Kier alpha value is -2.61. The summed E-state index contributed by atoms with van der Waals surface area (Å²) in [5, 5.41) is 13.5. The summed E-state index contributed by atoms with van der Waals surface area (Å²) >= 11 is 0. The quantitative estimate of drug-likeness (QED) is 0.812. The summed E-state index contributed by atoms with van der Waals surface area (Å²) in [6.07, 6.45) is 0.673. The molecule has 0 amide bonds. The predicted molar refractivity (Wildman–Crippen MR) is 83.5 cm³/mol. The van der Waals surface area contributed by atoms with E-state index in [0.29, 0.717) is 17.7 Å². The molecule has 5 nitrogen and oxygen atoms in total. The van der Waals surface area contributed by atoms with Crippen LogP contribution in [0.5, 0.6) is 0 Å². The van der Waals surface area contributed by atoms with Gasteiger partial charge in [0.25, 0.3) is 0 Å². The highest BCUT2D eigenvalue weighted by Crippen LogP contribution is 2.28. The first-order valence-electron chi connectivity index (χ1n) is 7.23. The summed E-state index contributed by atoms with van der Waals surface area (Å²) < 4.78 is 6.62. The van der Waals surface area contributed by atoms with Crippen molar-refractivity contribution in [2.75, 3.05) is 7.11 Å². The molecule has 22 heavy (non-hydrogen) atoms. The van der Waals surface area contributed by atoms with Crippen molar-refractivity contribution in [2.45, 2.75) is 33.2 Å². The normalized spacial score (nSPS) is 10.5. The van der Waals surface area contributed by atoms with Crippen LogP contribution >= 0.6 is 0 Å². The molecular weight excluding hydrogens is 278 g/mol. The van der Waals surface area contributed by atoms with Gasteiger partial charge in [-0.3, -0.25) is 4.68 Å². The largest absolute Gasteiger partial charge is 0.464 e. The average Bonchev–Trinajstić information content (AvgIpc) is 2.93. The summed E-state index contributed by atoms with van der Waals surface area (Å²) in [4.78, 5) is 12.1. The van der Waals surface area contributed by atoms with Gasteiger partial charge in [-0.1, -0.05) is 19.1 Å². The number of aromatic nitrogens is 2. The van der Waals surface area contributed by atoms with Crippen molar-refractivity contribution in [3.63, 3.8) is 0 Å². The maximum Gasteiger partial charge on any atom is 0.356 e. The van der Waals surface area contributed by atoms with Crippen LogP contribution in [0.2, 0.25) is 0 Å². The number of benzene rings is 1. The Kier molecular flexibility index (Phi) is 4.62. The number of nitriles is 1. The fourth-order valence-electron chi connectivity index (χ4n) is 2.43. The Labute approximate surface area is 130 Å². The number of esters is 1. The molecule has 0 unspecified atom stereocenters. The van der Waals surface area contributed by atoms with E-state index in [4.69, 9.17) is 10.00 Å². The van der Waals surface area contributed by atoms with Gasteiger partial charge in [0, 0.05) is 17.2 Å². The van der Waals surface area contributed by atoms with Gasteiger partial charge in [-0.15, -0.1) is 0 Å². The number of nitrogens with zero attached hydrogens (tertiary/aromatic N) is 3. The Balaban J connectivity index is 2.65. The molecule has 5 heteroatoms. The summed E-state index contributed by atoms with van der Waals surface area (Å²) in [5.41, 5.74) is 3.62. The highest BCUT2D eigenvalue weighted by Gasteiger charge is 2.25. The minimum atomic E-state index is -0.377. The second kappa shape index (κ2) is 6.44. The molecule has 0 atom stereocenters. The van der Waals surface area contributed by atoms with E-state index in [-0.39, 0.29) is 12.0 Å². The number of rotatable bonds is 4. The van der Waals surface area contributed by atoms with Gasteiger partial charge in [0.15, 0.2) is 5.69 Å². The smallest absolute Gasteiger partial charge is 0.356 e. The van der Waals surface area contributed by atoms with Crippen molar-refractivity contribution in [3.05, 3.63) is 41.1 Å². The maximum atomic E-state index is 12.1. The highest BCUT2D eigenvalue weighted by molar-refractivity contribution is 5.91. The number of carbonyl (C=O) groups is 1. The number of hydrogen-bond donors (Lipinski definition) is 0. The van der Waals surface area contributed by atoms with Crippen molar-refractivity contribution in [1.29, 1.82) is 5.26 Å². The van der Waals surface area contributed by atoms with Gasteiger partial charge in [-0.05, 0) is 32.4 Å². The Morgan fingerprint density at radius 2 is 2.00 bits per heavy atom. The number of carbonyl (C=O) groups excluding carboxylic acids is 1. The van der Waals surface area contributed by atoms with Crippen LogP contribution in [0.3, 0.4) is 0 Å². The Morgan fingerprint density at radius 3 is 2.45 bits per heavy atom. The van der Waals surface area contributed by atoms with E-state index in [0.717, 1.165) is 16.8 Å². The molecule has 2 rings (SSSR count). The van der Waals surface area contributed by atoms with Gasteiger partial charge in [0.2, 0.25) is 0 Å². The van der Waals surface area contributed by atoms with Gasteiger partial charge in [0.1, 0.15) is 0 Å². The van der Waals surface area contributed by atoms with E-state index in [2.05, 4.69) is 11.2 Å². The zero-order valence-electron chi connectivity index (χ0n) is 13.3. The van der Waals surface area contributed by atoms with Crippen LogP contribution < -0.4 is 0 Å². The molecule has 114 valence electrons. The van der Waals surface area contributed by atoms with Gasteiger partial charge in [-0.25, -0.2) is 4.79 Å². The summed E-state index contributed by atoms with van der Waals surface area (Å²) in [6, 6.07) is 9.35. The molecule has 0 aliphatic carbocycles. The highest BCUT2D eigenvalue weighted by atomic mass is 16.5. The number of ether oxygens (including phenoxy) is 1. The van der Waals surface area contributed by atoms with Crippen molar-refractivity contribution in [3.8, 4) is 17.3 Å². The van der Waals surface area contributed by atoms with Crippen molar-refractivity contribution >= 4 is 5.97 Å². The number of hydrogen-bond acceptors (Lipinski definition) is 4. The van der Waals surface area contributed by atoms with Crippen molar-refractivity contribution in [2.24, 2.45) is 0 Å². The molecular formula is C17H19N3O2. The van der Waals surface area contributed by atoms with E-state index >= 15 is 0 Å². The first kappa shape index (κ1) is 15.8. The fourth-order valence-corrected chi connectivity index (χ4v) is 2.43. The molecule has 0 spiro atoms. The van der Waals surface area contributed by atoms with E-state index in [1.807, 2.05) is 32.9 Å². The SMILES string of the molecule is CCc1c(-c2ccc(C#N)cc2)nn(C(C)C)c1C(=O)OC. The van der Waals surface area contributed by atoms with Crippen LogP contribution in [0, 0.1) is 11.3 Å². The second-order valence-corrected chi connectivity index (χ2v) is 5.25. The molecule has 0 fully saturated rings. The summed E-state index contributed by atoms with van der Waals surface area (Å²) in [7, 11) is 1.38. The van der Waals surface area contributed by atoms with Crippen LogP contribution in [0.4, 0.5) is 0 Å². The van der Waals surface area contributed by atoms with Crippen LogP contribution in [0.15, 0.2) is 24.3 Å². The third-order valence-corrected chi connectivity index (χ3v) is 3.52. The van der Waals surface area contributed by atoms with Crippen LogP contribution in [0.1, 0.15) is 48.4 Å². The molecule has 2 aromatic rings. The van der Waals surface area contributed by atoms with Crippen molar-refractivity contribution < 1.29 is 9.53 Å². The minimum Gasteiger partial charge on any atom is -0.464 e. The zero-order chi connectivity index (χ0) is 16.3. The molecule has 0 radical (unpaired) electrons. The molecule has 1 aromatic heterocycles. The lowest BCUT2D eigenvalue weighted by Crippen LogP contribution is -2.15. The molecule has 0 aliphatic heterocycles. The first-order chi connectivity index (χ1) is 10.5. The van der Waals surface area contributed by atoms with Gasteiger partial charge in [-0.2, -0.15) is 10.4 Å². The Morgan fingerprint density at radius 1 is 1.36 bits per heavy atom. The minimum absolute atomic E-state index is 0.0477. The van der Waals surface area contributed by atoms with E-state index < -0.39 is 0 Å². The van der Waals surface area contributed by atoms with Crippen LogP contribution in [0.25, 0.3) is 11.3 Å². The zero-order valence-corrected chi connectivity index (χ0v) is 13.3. The van der Waals surface area contributed by atoms with Crippen molar-refractivity contribution in [1.82, 2.24) is 9.78 Å². The lowest BCUT2D eigenvalue weighted by Gasteiger charge is -2.09. The molecule has 0 saturated heterocycles. The van der Waals surface area contributed by atoms with E-state index in [9.17, 15) is 4.79 Å². The van der Waals surface area contributed by atoms with E-state index in [1.165, 1.54) is 7.11 Å². The molecule has 0 N–H and O–H groups in total. The lowest BCUT2D eigenvalue weighted by atomic mass is 10.0.